The Balaban J connectivity index is 1.94. The van der Waals surface area contributed by atoms with Crippen molar-refractivity contribution in [3.05, 3.63) is 34.3 Å². The Kier molecular flexibility index (Phi) is 4.78. The van der Waals surface area contributed by atoms with Crippen molar-refractivity contribution < 1.29 is 4.79 Å². The molecular weight excluding hydrogens is 292 g/mol. The second-order valence-electron chi connectivity index (χ2n) is 4.79. The number of piperidine rings is 1. The molecule has 2 rings (SSSR count). The highest BCUT2D eigenvalue weighted by Crippen LogP contribution is 2.18. The van der Waals surface area contributed by atoms with Crippen LogP contribution in [-0.2, 0) is 4.79 Å². The van der Waals surface area contributed by atoms with E-state index in [0.29, 0.717) is 0 Å². The van der Waals surface area contributed by atoms with Gasteiger partial charge in [0.25, 0.3) is 0 Å². The van der Waals surface area contributed by atoms with Crippen molar-refractivity contribution in [3.8, 4) is 0 Å². The molecule has 1 unspecified atom stereocenters. The summed E-state index contributed by atoms with van der Waals surface area (Å²) in [6.45, 7) is 2.96. The fraction of sp³-hybridized carbons (Fsp3) is 0.500. The minimum absolute atomic E-state index is 0.0200. The lowest BCUT2D eigenvalue weighted by Crippen LogP contribution is -2.47. The predicted molar refractivity (Wildman–Crippen MR) is 76.3 cm³/mol. The number of nitrogens with one attached hydrogen (secondary N) is 2. The van der Waals surface area contributed by atoms with E-state index in [1.54, 1.807) is 0 Å². The molecule has 1 amide bonds. The van der Waals surface area contributed by atoms with Crippen molar-refractivity contribution in [3.63, 3.8) is 0 Å². The number of rotatable bonds is 3. The van der Waals surface area contributed by atoms with Gasteiger partial charge in [0.1, 0.15) is 0 Å². The molecule has 4 heteroatoms. The zero-order valence-electron chi connectivity index (χ0n) is 10.6. The number of hydrogen-bond donors (Lipinski definition) is 2. The van der Waals surface area contributed by atoms with Gasteiger partial charge in [-0.2, -0.15) is 0 Å². The standard InChI is InChI=1S/C14H19BrN2O/c1-10(11-5-4-6-12(15)9-11)17-14(18)13-7-2-3-8-16-13/h4-6,9-10,13,16H,2-3,7-8H2,1H3,(H,17,18)/t10-,13?/m1/s1. The fourth-order valence-corrected chi connectivity index (χ4v) is 2.67. The van der Waals surface area contributed by atoms with Gasteiger partial charge in [0.2, 0.25) is 5.91 Å². The number of carbonyl (C=O) groups excluding carboxylic acids is 1. The van der Waals surface area contributed by atoms with Crippen LogP contribution in [0.2, 0.25) is 0 Å². The number of benzene rings is 1. The van der Waals surface area contributed by atoms with E-state index in [4.69, 9.17) is 0 Å². The molecular formula is C14H19BrN2O. The highest BCUT2D eigenvalue weighted by molar-refractivity contribution is 9.10. The van der Waals surface area contributed by atoms with Crippen LogP contribution in [0.1, 0.15) is 37.8 Å². The lowest BCUT2D eigenvalue weighted by Gasteiger charge is -2.24. The first-order valence-electron chi connectivity index (χ1n) is 6.46. The predicted octanol–water partition coefficient (Wildman–Crippen LogP) is 2.77. The van der Waals surface area contributed by atoms with Crippen LogP contribution in [0.4, 0.5) is 0 Å². The smallest absolute Gasteiger partial charge is 0.237 e. The molecule has 1 fully saturated rings. The Morgan fingerprint density at radius 2 is 2.33 bits per heavy atom. The van der Waals surface area contributed by atoms with Crippen molar-refractivity contribution in [1.82, 2.24) is 10.6 Å². The number of halogens is 1. The summed E-state index contributed by atoms with van der Waals surface area (Å²) in [4.78, 5) is 12.1. The van der Waals surface area contributed by atoms with Gasteiger partial charge in [0, 0.05) is 4.47 Å². The first-order chi connectivity index (χ1) is 8.66. The minimum atomic E-state index is -0.0200. The van der Waals surface area contributed by atoms with E-state index in [1.165, 1.54) is 6.42 Å². The Hall–Kier alpha value is -0.870. The summed E-state index contributed by atoms with van der Waals surface area (Å²) in [6, 6.07) is 8.07. The van der Waals surface area contributed by atoms with E-state index in [-0.39, 0.29) is 18.0 Å². The largest absolute Gasteiger partial charge is 0.348 e. The van der Waals surface area contributed by atoms with Gasteiger partial charge in [-0.05, 0) is 44.0 Å². The summed E-state index contributed by atoms with van der Waals surface area (Å²) in [5, 5.41) is 6.34. The molecule has 2 N–H and O–H groups in total. The van der Waals surface area contributed by atoms with Crippen LogP contribution < -0.4 is 10.6 Å². The van der Waals surface area contributed by atoms with Gasteiger partial charge in [-0.3, -0.25) is 4.79 Å². The monoisotopic (exact) mass is 310 g/mol. The highest BCUT2D eigenvalue weighted by atomic mass is 79.9. The topological polar surface area (TPSA) is 41.1 Å². The maximum atomic E-state index is 12.1. The van der Waals surface area contributed by atoms with Crippen LogP contribution >= 0.6 is 15.9 Å². The van der Waals surface area contributed by atoms with Gasteiger partial charge in [0.05, 0.1) is 12.1 Å². The lowest BCUT2D eigenvalue weighted by molar-refractivity contribution is -0.124. The van der Waals surface area contributed by atoms with Crippen molar-refractivity contribution >= 4 is 21.8 Å². The van der Waals surface area contributed by atoms with Gasteiger partial charge in [0.15, 0.2) is 0 Å². The Morgan fingerprint density at radius 1 is 1.50 bits per heavy atom. The van der Waals surface area contributed by atoms with Gasteiger partial charge >= 0.3 is 0 Å². The first kappa shape index (κ1) is 13.6. The van der Waals surface area contributed by atoms with Crippen LogP contribution in [0, 0.1) is 0 Å². The third-order valence-electron chi connectivity index (χ3n) is 3.33. The molecule has 98 valence electrons. The zero-order chi connectivity index (χ0) is 13.0. The molecule has 0 aromatic heterocycles. The molecule has 1 aromatic carbocycles. The van der Waals surface area contributed by atoms with E-state index < -0.39 is 0 Å². The van der Waals surface area contributed by atoms with Gasteiger partial charge in [-0.1, -0.05) is 34.5 Å². The summed E-state index contributed by atoms with van der Waals surface area (Å²) >= 11 is 3.45. The van der Waals surface area contributed by atoms with Gasteiger partial charge in [-0.25, -0.2) is 0 Å². The average Bonchev–Trinajstić information content (AvgIpc) is 2.39. The molecule has 1 aliphatic rings. The Morgan fingerprint density at radius 3 is 3.00 bits per heavy atom. The van der Waals surface area contributed by atoms with Gasteiger partial charge in [-0.15, -0.1) is 0 Å². The molecule has 1 heterocycles. The third-order valence-corrected chi connectivity index (χ3v) is 3.83. The second kappa shape index (κ2) is 6.34. The first-order valence-corrected chi connectivity index (χ1v) is 7.25. The van der Waals surface area contributed by atoms with Crippen LogP contribution in [0.5, 0.6) is 0 Å². The molecule has 0 saturated carbocycles. The van der Waals surface area contributed by atoms with Crippen LogP contribution in [0.25, 0.3) is 0 Å². The van der Waals surface area contributed by atoms with E-state index in [9.17, 15) is 4.79 Å². The molecule has 0 bridgehead atoms. The number of carbonyl (C=O) groups is 1. The summed E-state index contributed by atoms with van der Waals surface area (Å²) in [5.74, 6) is 0.113. The van der Waals surface area contributed by atoms with E-state index in [2.05, 4.69) is 26.6 Å². The average molecular weight is 311 g/mol. The SMILES string of the molecule is C[C@@H](NC(=O)C1CCCCN1)c1cccc(Br)c1. The quantitative estimate of drug-likeness (QED) is 0.901. The summed E-state index contributed by atoms with van der Waals surface area (Å²) < 4.78 is 1.04. The zero-order valence-corrected chi connectivity index (χ0v) is 12.2. The van der Waals surface area contributed by atoms with Crippen molar-refractivity contribution in [2.45, 2.75) is 38.3 Å². The summed E-state index contributed by atoms with van der Waals surface area (Å²) in [5.41, 5.74) is 1.12. The third kappa shape index (κ3) is 3.56. The molecule has 1 aliphatic heterocycles. The van der Waals surface area contributed by atoms with E-state index in [0.717, 1.165) is 29.4 Å². The van der Waals surface area contributed by atoms with Crippen LogP contribution in [0.15, 0.2) is 28.7 Å². The molecule has 0 radical (unpaired) electrons. The Labute approximate surface area is 116 Å². The van der Waals surface area contributed by atoms with Crippen molar-refractivity contribution in [2.75, 3.05) is 6.54 Å². The summed E-state index contributed by atoms with van der Waals surface area (Å²) in [7, 11) is 0. The number of amides is 1. The normalized spacial score (nSPS) is 21.3. The molecule has 0 spiro atoms. The molecule has 1 aromatic rings. The fourth-order valence-electron chi connectivity index (χ4n) is 2.25. The minimum Gasteiger partial charge on any atom is -0.348 e. The van der Waals surface area contributed by atoms with Crippen molar-refractivity contribution in [2.24, 2.45) is 0 Å². The molecule has 2 atom stereocenters. The van der Waals surface area contributed by atoms with Crippen LogP contribution in [0.3, 0.4) is 0 Å². The highest BCUT2D eigenvalue weighted by Gasteiger charge is 2.21. The maximum Gasteiger partial charge on any atom is 0.237 e. The molecule has 1 saturated heterocycles. The van der Waals surface area contributed by atoms with Crippen molar-refractivity contribution in [1.29, 1.82) is 0 Å². The molecule has 0 aliphatic carbocycles. The summed E-state index contributed by atoms with van der Waals surface area (Å²) in [6.07, 6.45) is 3.25. The van der Waals surface area contributed by atoms with Gasteiger partial charge < -0.3 is 10.6 Å². The van der Waals surface area contributed by atoms with E-state index >= 15 is 0 Å². The molecule has 3 nitrogen and oxygen atoms in total. The van der Waals surface area contributed by atoms with E-state index in [1.807, 2.05) is 31.2 Å². The maximum absolute atomic E-state index is 12.1. The lowest BCUT2D eigenvalue weighted by atomic mass is 10.0. The molecule has 18 heavy (non-hydrogen) atoms. The van der Waals surface area contributed by atoms with Crippen LogP contribution in [-0.4, -0.2) is 18.5 Å². The second-order valence-corrected chi connectivity index (χ2v) is 5.70. The Bertz CT molecular complexity index is 416. The number of hydrogen-bond acceptors (Lipinski definition) is 2.